The van der Waals surface area contributed by atoms with Crippen molar-refractivity contribution in [3.8, 4) is 0 Å². The third-order valence-electron chi connectivity index (χ3n) is 2.91. The molecule has 0 aliphatic carbocycles. The van der Waals surface area contributed by atoms with Crippen molar-refractivity contribution in [1.82, 2.24) is 21.5 Å². The topological polar surface area (TPSA) is 120 Å². The third-order valence-corrected chi connectivity index (χ3v) is 2.91. The molecule has 0 saturated carbocycles. The summed E-state index contributed by atoms with van der Waals surface area (Å²) in [5.74, 6) is -0.516. The van der Waals surface area contributed by atoms with Gasteiger partial charge in [0.2, 0.25) is 5.91 Å². The van der Waals surface area contributed by atoms with E-state index < -0.39 is 24.1 Å². The fourth-order valence-electron chi connectivity index (χ4n) is 2.04. The van der Waals surface area contributed by atoms with Crippen LogP contribution in [0, 0.1) is 11.8 Å². The van der Waals surface area contributed by atoms with Crippen molar-refractivity contribution in [3.63, 3.8) is 0 Å². The van der Waals surface area contributed by atoms with Gasteiger partial charge < -0.3 is 15.7 Å². The molecule has 0 aromatic heterocycles. The summed E-state index contributed by atoms with van der Waals surface area (Å²) in [6.07, 6.45) is -0.443. The Morgan fingerprint density at radius 3 is 1.68 bits per heavy atom. The van der Waals surface area contributed by atoms with E-state index in [2.05, 4.69) is 21.5 Å². The molecule has 0 heterocycles. The lowest BCUT2D eigenvalue weighted by atomic mass is 10.0. The second-order valence-corrected chi connectivity index (χ2v) is 6.06. The summed E-state index contributed by atoms with van der Waals surface area (Å²) in [6.45, 7) is 7.66. The fraction of sp³-hybridized carbons (Fsp3) is 0.786. The lowest BCUT2D eigenvalue weighted by molar-refractivity contribution is -0.131. The Bertz CT molecular complexity index is 385. The predicted molar refractivity (Wildman–Crippen MR) is 83.0 cm³/mol. The molecule has 0 bridgehead atoms. The van der Waals surface area contributed by atoms with Gasteiger partial charge in [0.15, 0.2) is 0 Å². The van der Waals surface area contributed by atoms with E-state index in [1.807, 2.05) is 27.7 Å². The number of carbonyl (C=O) groups is 3. The van der Waals surface area contributed by atoms with Crippen molar-refractivity contribution in [2.75, 3.05) is 7.05 Å². The van der Waals surface area contributed by atoms with E-state index in [1.165, 1.54) is 0 Å². The molecule has 2 atom stereocenters. The van der Waals surface area contributed by atoms with Crippen molar-refractivity contribution in [1.29, 1.82) is 0 Å². The highest BCUT2D eigenvalue weighted by Gasteiger charge is 2.27. The molecule has 3 amide bonds. The summed E-state index contributed by atoms with van der Waals surface area (Å²) in [5.41, 5.74) is 4.96. The summed E-state index contributed by atoms with van der Waals surface area (Å²) in [7, 11) is 1.56. The van der Waals surface area contributed by atoms with Crippen LogP contribution in [-0.4, -0.2) is 42.1 Å². The van der Waals surface area contributed by atoms with Crippen molar-refractivity contribution in [2.24, 2.45) is 11.8 Å². The van der Waals surface area contributed by atoms with E-state index in [-0.39, 0.29) is 17.7 Å². The van der Waals surface area contributed by atoms with Crippen LogP contribution in [0.15, 0.2) is 0 Å². The van der Waals surface area contributed by atoms with Crippen LogP contribution in [0.25, 0.3) is 0 Å². The Kier molecular flexibility index (Phi) is 9.16. The Morgan fingerprint density at radius 2 is 1.32 bits per heavy atom. The highest BCUT2D eigenvalue weighted by atomic mass is 16.4. The molecule has 5 N–H and O–H groups in total. The van der Waals surface area contributed by atoms with Gasteiger partial charge in [0.1, 0.15) is 12.1 Å². The molecule has 2 unspecified atom stereocenters. The first-order valence-corrected chi connectivity index (χ1v) is 7.43. The molecule has 0 aliphatic heterocycles. The number of nitrogens with one attached hydrogen (secondary N) is 4. The highest BCUT2D eigenvalue weighted by Crippen LogP contribution is 2.08. The molecule has 8 heteroatoms. The lowest BCUT2D eigenvalue weighted by Crippen LogP contribution is -2.55. The zero-order valence-electron chi connectivity index (χ0n) is 13.9. The van der Waals surface area contributed by atoms with Gasteiger partial charge in [0.25, 0.3) is 5.91 Å². The first-order valence-electron chi connectivity index (χ1n) is 7.43. The Hall–Kier alpha value is -1.83. The SMILES string of the molecule is CNNC(=O)C(CC(C)C)NC(=O)C(CC(C)C)NC(=O)O. The van der Waals surface area contributed by atoms with Gasteiger partial charge in [-0.3, -0.25) is 15.0 Å². The quantitative estimate of drug-likeness (QED) is 0.396. The minimum Gasteiger partial charge on any atom is -0.465 e. The molecule has 0 fully saturated rings. The third kappa shape index (κ3) is 8.46. The summed E-state index contributed by atoms with van der Waals surface area (Å²) < 4.78 is 0. The Balaban J connectivity index is 4.92. The van der Waals surface area contributed by atoms with E-state index in [1.54, 1.807) is 7.05 Å². The molecule has 8 nitrogen and oxygen atoms in total. The van der Waals surface area contributed by atoms with Crippen LogP contribution in [0.5, 0.6) is 0 Å². The maximum atomic E-state index is 12.3. The monoisotopic (exact) mass is 316 g/mol. The van der Waals surface area contributed by atoms with E-state index >= 15 is 0 Å². The molecule has 0 aromatic carbocycles. The zero-order valence-corrected chi connectivity index (χ0v) is 13.9. The van der Waals surface area contributed by atoms with Crippen LogP contribution in [0.3, 0.4) is 0 Å². The number of hydrogen-bond donors (Lipinski definition) is 5. The fourth-order valence-corrected chi connectivity index (χ4v) is 2.04. The average Bonchev–Trinajstić information content (AvgIpc) is 2.35. The standard InChI is InChI=1S/C14H28N4O4/c1-8(2)6-10(17-14(21)22)12(19)16-11(7-9(3)4)13(20)18-15-5/h8-11,15,17H,6-7H2,1-5H3,(H,16,19)(H,18,20)(H,21,22). The Labute approximate surface area is 131 Å². The van der Waals surface area contributed by atoms with Crippen LogP contribution >= 0.6 is 0 Å². The number of amides is 3. The minimum absolute atomic E-state index is 0.136. The number of hydrazine groups is 1. The van der Waals surface area contributed by atoms with Crippen molar-refractivity contribution in [2.45, 2.75) is 52.6 Å². The van der Waals surface area contributed by atoms with E-state index in [0.29, 0.717) is 12.8 Å². The van der Waals surface area contributed by atoms with Gasteiger partial charge in [-0.1, -0.05) is 27.7 Å². The normalized spacial score (nSPS) is 13.6. The maximum Gasteiger partial charge on any atom is 0.405 e. The largest absolute Gasteiger partial charge is 0.465 e. The highest BCUT2D eigenvalue weighted by molar-refractivity contribution is 5.90. The van der Waals surface area contributed by atoms with Gasteiger partial charge in [-0.25, -0.2) is 10.2 Å². The van der Waals surface area contributed by atoms with Crippen LogP contribution in [0.1, 0.15) is 40.5 Å². The van der Waals surface area contributed by atoms with E-state index in [4.69, 9.17) is 5.11 Å². The summed E-state index contributed by atoms with van der Waals surface area (Å²) >= 11 is 0. The van der Waals surface area contributed by atoms with Gasteiger partial charge in [-0.05, 0) is 24.7 Å². The van der Waals surface area contributed by atoms with Crippen molar-refractivity contribution >= 4 is 17.9 Å². The van der Waals surface area contributed by atoms with E-state index in [0.717, 1.165) is 0 Å². The molecule has 0 aliphatic rings. The molecular weight excluding hydrogens is 288 g/mol. The van der Waals surface area contributed by atoms with Crippen molar-refractivity contribution in [3.05, 3.63) is 0 Å². The Morgan fingerprint density at radius 1 is 0.864 bits per heavy atom. The zero-order chi connectivity index (χ0) is 17.3. The second-order valence-electron chi connectivity index (χ2n) is 6.06. The van der Waals surface area contributed by atoms with Gasteiger partial charge in [-0.2, -0.15) is 0 Å². The number of rotatable bonds is 9. The van der Waals surface area contributed by atoms with Crippen LogP contribution < -0.4 is 21.5 Å². The predicted octanol–water partition coefficient (Wildman–Crippen LogP) is 0.450. The van der Waals surface area contributed by atoms with Crippen LogP contribution in [0.2, 0.25) is 0 Å². The van der Waals surface area contributed by atoms with Gasteiger partial charge in [0.05, 0.1) is 0 Å². The average molecular weight is 316 g/mol. The van der Waals surface area contributed by atoms with Crippen LogP contribution in [-0.2, 0) is 9.59 Å². The second kappa shape index (κ2) is 9.99. The molecule has 128 valence electrons. The molecule has 0 saturated heterocycles. The van der Waals surface area contributed by atoms with Gasteiger partial charge in [0, 0.05) is 7.05 Å². The first kappa shape index (κ1) is 20.2. The van der Waals surface area contributed by atoms with Crippen molar-refractivity contribution < 1.29 is 19.5 Å². The summed E-state index contributed by atoms with van der Waals surface area (Å²) in [6, 6.07) is -1.60. The molecule has 0 spiro atoms. The smallest absolute Gasteiger partial charge is 0.405 e. The lowest BCUT2D eigenvalue weighted by Gasteiger charge is -2.24. The number of carbonyl (C=O) groups excluding carboxylic acids is 2. The van der Waals surface area contributed by atoms with Crippen LogP contribution in [0.4, 0.5) is 4.79 Å². The summed E-state index contributed by atoms with van der Waals surface area (Å²) in [5, 5.41) is 13.7. The van der Waals surface area contributed by atoms with Gasteiger partial charge >= 0.3 is 6.09 Å². The molecule has 0 aromatic rings. The summed E-state index contributed by atoms with van der Waals surface area (Å²) in [4.78, 5) is 35.0. The minimum atomic E-state index is -1.26. The molecule has 22 heavy (non-hydrogen) atoms. The van der Waals surface area contributed by atoms with Gasteiger partial charge in [-0.15, -0.1) is 0 Å². The number of carboxylic acid groups (broad SMARTS) is 1. The molecular formula is C14H28N4O4. The molecule has 0 rings (SSSR count). The molecule has 0 radical (unpaired) electrons. The maximum absolute atomic E-state index is 12.3. The number of hydrogen-bond acceptors (Lipinski definition) is 4. The first-order chi connectivity index (χ1) is 10.2. The van der Waals surface area contributed by atoms with E-state index in [9.17, 15) is 14.4 Å².